The quantitative estimate of drug-likeness (QED) is 0.732. The third-order valence-corrected chi connectivity index (χ3v) is 5.05. The van der Waals surface area contributed by atoms with Crippen LogP contribution in [0.4, 0.5) is 0 Å². The average Bonchev–Trinajstić information content (AvgIpc) is 3.47. The topological polar surface area (TPSA) is 70.0 Å². The lowest BCUT2D eigenvalue weighted by atomic mass is 10.1. The molecule has 28 heavy (non-hydrogen) atoms. The molecule has 0 unspecified atom stereocenters. The van der Waals surface area contributed by atoms with Crippen molar-refractivity contribution in [3.05, 3.63) is 52.4 Å². The highest BCUT2D eigenvalue weighted by Gasteiger charge is 2.33. The van der Waals surface area contributed by atoms with E-state index in [4.69, 9.17) is 14.2 Å². The number of hydrogen-bond acceptors (Lipinski definition) is 5. The third-order valence-electron chi connectivity index (χ3n) is 5.05. The molecule has 2 fully saturated rings. The maximum atomic E-state index is 12.3. The van der Waals surface area contributed by atoms with Crippen molar-refractivity contribution in [2.24, 2.45) is 0 Å². The van der Waals surface area contributed by atoms with Crippen LogP contribution in [0.3, 0.4) is 0 Å². The molecule has 7 nitrogen and oxygen atoms in total. The molecule has 1 aliphatic heterocycles. The monoisotopic (exact) mass is 384 g/mol. The summed E-state index contributed by atoms with van der Waals surface area (Å²) in [5.41, 5.74) is 0.903. The van der Waals surface area contributed by atoms with Gasteiger partial charge in [0.15, 0.2) is 6.61 Å². The Morgan fingerprint density at radius 2 is 1.86 bits per heavy atom. The lowest BCUT2D eigenvalue weighted by molar-refractivity contribution is -0.142. The van der Waals surface area contributed by atoms with E-state index in [0.717, 1.165) is 18.5 Å². The van der Waals surface area contributed by atoms with Crippen LogP contribution in [0.5, 0.6) is 17.2 Å². The molecule has 2 aromatic rings. The molecule has 1 aromatic carbocycles. The van der Waals surface area contributed by atoms with Gasteiger partial charge in [-0.25, -0.2) is 0 Å². The lowest BCUT2D eigenvalue weighted by Gasteiger charge is -2.38. The fourth-order valence-electron chi connectivity index (χ4n) is 3.39. The van der Waals surface area contributed by atoms with Gasteiger partial charge in [0.2, 0.25) is 0 Å². The zero-order valence-electron chi connectivity index (χ0n) is 16.1. The Balaban J connectivity index is 1.26. The summed E-state index contributed by atoms with van der Waals surface area (Å²) in [6.45, 7) is 2.88. The lowest BCUT2D eigenvalue weighted by Crippen LogP contribution is -2.57. The molecule has 0 N–H and O–H groups in total. The highest BCUT2D eigenvalue weighted by atomic mass is 16.5. The molecule has 1 saturated carbocycles. The number of carbonyl (C=O) groups is 1. The number of nitrogens with zero attached hydrogens (tertiary/aromatic N) is 2. The van der Waals surface area contributed by atoms with E-state index in [2.05, 4.69) is 0 Å². The number of carbonyl (C=O) groups excluding carboxylic acids is 1. The summed E-state index contributed by atoms with van der Waals surface area (Å²) in [6.07, 6.45) is 2.04. The summed E-state index contributed by atoms with van der Waals surface area (Å²) in [5.74, 6) is 1.75. The second-order valence-corrected chi connectivity index (χ2v) is 7.28. The number of ether oxygens (including phenoxy) is 3. The number of amides is 1. The van der Waals surface area contributed by atoms with Crippen molar-refractivity contribution in [2.75, 3.05) is 26.8 Å². The van der Waals surface area contributed by atoms with Gasteiger partial charge in [-0.15, -0.1) is 0 Å². The van der Waals surface area contributed by atoms with Crippen molar-refractivity contribution >= 4 is 5.91 Å². The van der Waals surface area contributed by atoms with E-state index < -0.39 is 0 Å². The van der Waals surface area contributed by atoms with E-state index >= 15 is 0 Å². The number of likely N-dealkylation sites (tertiary alicyclic amines) is 1. The highest BCUT2D eigenvalue weighted by molar-refractivity contribution is 5.78. The van der Waals surface area contributed by atoms with Crippen LogP contribution in [0.25, 0.3) is 0 Å². The molecule has 4 rings (SSSR count). The Hall–Kier alpha value is -2.96. The first kappa shape index (κ1) is 18.4. The van der Waals surface area contributed by atoms with Gasteiger partial charge in [0.1, 0.15) is 23.4 Å². The molecule has 1 saturated heterocycles. The SMILES string of the molecule is COc1cccc(OCC(=O)N2CC(Oc3cc(C)n(C4CC4)c(=O)c3)C2)c1. The minimum absolute atomic E-state index is 0.0172. The fraction of sp³-hybridized carbons (Fsp3) is 0.429. The van der Waals surface area contributed by atoms with E-state index in [1.54, 1.807) is 30.2 Å². The second-order valence-electron chi connectivity index (χ2n) is 7.28. The Kier molecular flexibility index (Phi) is 4.98. The van der Waals surface area contributed by atoms with E-state index in [1.165, 1.54) is 0 Å². The molecule has 0 spiro atoms. The van der Waals surface area contributed by atoms with Crippen LogP contribution in [0.15, 0.2) is 41.2 Å². The van der Waals surface area contributed by atoms with Crippen LogP contribution in [0.2, 0.25) is 0 Å². The van der Waals surface area contributed by atoms with Gasteiger partial charge < -0.3 is 23.7 Å². The van der Waals surface area contributed by atoms with Gasteiger partial charge in [0.25, 0.3) is 11.5 Å². The number of aryl methyl sites for hydroxylation is 1. The molecular formula is C21H24N2O5. The van der Waals surface area contributed by atoms with Crippen LogP contribution in [-0.4, -0.2) is 48.3 Å². The number of pyridine rings is 1. The molecule has 2 aliphatic rings. The minimum Gasteiger partial charge on any atom is -0.497 e. The van der Waals surface area contributed by atoms with Crippen LogP contribution in [0.1, 0.15) is 24.6 Å². The van der Waals surface area contributed by atoms with Crippen LogP contribution in [-0.2, 0) is 4.79 Å². The van der Waals surface area contributed by atoms with Gasteiger partial charge in [-0.3, -0.25) is 9.59 Å². The average molecular weight is 384 g/mol. The smallest absolute Gasteiger partial charge is 0.260 e. The molecule has 1 aliphatic carbocycles. The first-order chi connectivity index (χ1) is 13.5. The summed E-state index contributed by atoms with van der Waals surface area (Å²) in [5, 5.41) is 0. The Morgan fingerprint density at radius 1 is 1.11 bits per heavy atom. The summed E-state index contributed by atoms with van der Waals surface area (Å²) < 4.78 is 18.4. The first-order valence-electron chi connectivity index (χ1n) is 9.48. The largest absolute Gasteiger partial charge is 0.497 e. The zero-order chi connectivity index (χ0) is 19.7. The maximum absolute atomic E-state index is 12.3. The normalized spacial score (nSPS) is 16.4. The van der Waals surface area contributed by atoms with Crippen molar-refractivity contribution in [3.8, 4) is 17.2 Å². The first-order valence-corrected chi connectivity index (χ1v) is 9.48. The van der Waals surface area contributed by atoms with E-state index in [9.17, 15) is 9.59 Å². The molecule has 7 heteroatoms. The number of hydrogen-bond donors (Lipinski definition) is 0. The molecule has 148 valence electrons. The molecule has 0 radical (unpaired) electrons. The standard InChI is InChI=1S/C21H24N2O5/c1-14-8-18(10-20(24)23(14)15-6-7-15)28-19-11-22(12-19)21(25)13-27-17-5-3-4-16(9-17)26-2/h3-5,8-10,15,19H,6-7,11-13H2,1-2H3. The Bertz CT molecular complexity index is 929. The molecule has 0 bridgehead atoms. The van der Waals surface area contributed by atoms with Crippen LogP contribution in [0, 0.1) is 6.92 Å². The number of aromatic nitrogens is 1. The van der Waals surface area contributed by atoms with Gasteiger partial charge in [0.05, 0.1) is 20.2 Å². The summed E-state index contributed by atoms with van der Waals surface area (Å²) >= 11 is 0. The summed E-state index contributed by atoms with van der Waals surface area (Å²) in [4.78, 5) is 26.2. The van der Waals surface area contributed by atoms with Crippen molar-refractivity contribution in [3.63, 3.8) is 0 Å². The number of benzene rings is 1. The van der Waals surface area contributed by atoms with Crippen LogP contribution < -0.4 is 19.8 Å². The minimum atomic E-state index is -0.101. The molecular weight excluding hydrogens is 360 g/mol. The van der Waals surface area contributed by atoms with Crippen molar-refractivity contribution in [1.82, 2.24) is 9.47 Å². The van der Waals surface area contributed by atoms with E-state index in [0.29, 0.717) is 36.4 Å². The van der Waals surface area contributed by atoms with Crippen molar-refractivity contribution < 1.29 is 19.0 Å². The Morgan fingerprint density at radius 3 is 2.54 bits per heavy atom. The predicted octanol–water partition coefficient (Wildman–Crippen LogP) is 2.17. The Labute approximate surface area is 163 Å². The molecule has 1 aromatic heterocycles. The molecule has 2 heterocycles. The van der Waals surface area contributed by atoms with E-state index in [1.807, 2.05) is 29.7 Å². The number of methoxy groups -OCH3 is 1. The van der Waals surface area contributed by atoms with Gasteiger partial charge in [0, 0.05) is 23.9 Å². The summed E-state index contributed by atoms with van der Waals surface area (Å²) in [7, 11) is 1.58. The predicted molar refractivity (Wildman–Crippen MR) is 103 cm³/mol. The zero-order valence-corrected chi connectivity index (χ0v) is 16.1. The van der Waals surface area contributed by atoms with Gasteiger partial charge in [-0.1, -0.05) is 6.07 Å². The number of rotatable bonds is 7. The fourth-order valence-corrected chi connectivity index (χ4v) is 3.39. The third kappa shape index (κ3) is 3.98. The second kappa shape index (κ2) is 7.58. The van der Waals surface area contributed by atoms with Crippen molar-refractivity contribution in [2.45, 2.75) is 31.9 Å². The van der Waals surface area contributed by atoms with Gasteiger partial charge in [-0.2, -0.15) is 0 Å². The molecule has 1 amide bonds. The van der Waals surface area contributed by atoms with E-state index in [-0.39, 0.29) is 24.2 Å². The van der Waals surface area contributed by atoms with Gasteiger partial charge >= 0.3 is 0 Å². The molecule has 0 atom stereocenters. The van der Waals surface area contributed by atoms with Crippen molar-refractivity contribution in [1.29, 1.82) is 0 Å². The van der Waals surface area contributed by atoms with Crippen LogP contribution >= 0.6 is 0 Å². The maximum Gasteiger partial charge on any atom is 0.260 e. The van der Waals surface area contributed by atoms with Gasteiger partial charge in [-0.05, 0) is 38.0 Å². The highest BCUT2D eigenvalue weighted by Crippen LogP contribution is 2.35. The summed E-state index contributed by atoms with van der Waals surface area (Å²) in [6, 6.07) is 10.9.